The summed E-state index contributed by atoms with van der Waals surface area (Å²) < 4.78 is 10.7. The van der Waals surface area contributed by atoms with Gasteiger partial charge in [-0.3, -0.25) is 0 Å². The molecule has 1 aromatic heterocycles. The number of nitrogens with one attached hydrogen (secondary N) is 1. The molecular weight excluding hydrogens is 326 g/mol. The topological polar surface area (TPSA) is 135 Å². The fraction of sp³-hybridized carbons (Fsp3) is 0.615. The van der Waals surface area contributed by atoms with E-state index in [9.17, 15) is 5.11 Å². The van der Waals surface area contributed by atoms with Crippen molar-refractivity contribution in [2.24, 2.45) is 10.6 Å². The van der Waals surface area contributed by atoms with E-state index in [-0.39, 0.29) is 17.7 Å². The summed E-state index contributed by atoms with van der Waals surface area (Å²) in [5, 5.41) is 24.5. The summed E-state index contributed by atoms with van der Waals surface area (Å²) in [6, 6.07) is 0. The summed E-state index contributed by atoms with van der Waals surface area (Å²) in [6.45, 7) is 0.337. The SMILES string of the molecule is COC1(OC)CC(CO)(CNc2nc(N)nc(Cl)c2/C=N\O)C1. The molecule has 0 aliphatic heterocycles. The van der Waals surface area contributed by atoms with Crippen LogP contribution in [-0.2, 0) is 9.47 Å². The first-order valence-corrected chi connectivity index (χ1v) is 7.26. The van der Waals surface area contributed by atoms with Crippen LogP contribution in [0.3, 0.4) is 0 Å². The van der Waals surface area contributed by atoms with Gasteiger partial charge in [-0.05, 0) is 0 Å². The van der Waals surface area contributed by atoms with Crippen LogP contribution >= 0.6 is 11.6 Å². The summed E-state index contributed by atoms with van der Waals surface area (Å²) in [7, 11) is 3.14. The van der Waals surface area contributed by atoms with E-state index in [4.69, 9.17) is 32.0 Å². The number of methoxy groups -OCH3 is 2. The summed E-state index contributed by atoms with van der Waals surface area (Å²) >= 11 is 5.97. The van der Waals surface area contributed by atoms with Crippen LogP contribution in [0, 0.1) is 5.41 Å². The number of rotatable bonds is 7. The summed E-state index contributed by atoms with van der Waals surface area (Å²) in [5.74, 6) is -0.370. The zero-order valence-corrected chi connectivity index (χ0v) is 13.7. The first kappa shape index (κ1) is 17.7. The van der Waals surface area contributed by atoms with Crippen LogP contribution in [0.1, 0.15) is 18.4 Å². The van der Waals surface area contributed by atoms with Crippen molar-refractivity contribution in [2.45, 2.75) is 18.6 Å². The van der Waals surface area contributed by atoms with E-state index in [1.54, 1.807) is 14.2 Å². The van der Waals surface area contributed by atoms with Crippen molar-refractivity contribution >= 4 is 29.6 Å². The number of aliphatic hydroxyl groups is 1. The van der Waals surface area contributed by atoms with E-state index < -0.39 is 11.2 Å². The van der Waals surface area contributed by atoms with E-state index in [1.807, 2.05) is 0 Å². The van der Waals surface area contributed by atoms with Crippen LogP contribution in [0.4, 0.5) is 11.8 Å². The van der Waals surface area contributed by atoms with Crippen LogP contribution in [-0.4, -0.2) is 59.7 Å². The zero-order chi connectivity index (χ0) is 17.1. The van der Waals surface area contributed by atoms with Crippen molar-refractivity contribution in [3.63, 3.8) is 0 Å². The Balaban J connectivity index is 2.14. The Labute approximate surface area is 138 Å². The number of nitrogens with zero attached hydrogens (tertiary/aromatic N) is 3. The number of hydrogen-bond acceptors (Lipinski definition) is 9. The molecule has 1 saturated carbocycles. The Bertz CT molecular complexity index is 586. The van der Waals surface area contributed by atoms with Gasteiger partial charge in [0, 0.05) is 39.0 Å². The zero-order valence-electron chi connectivity index (χ0n) is 12.9. The van der Waals surface area contributed by atoms with Crippen molar-refractivity contribution < 1.29 is 19.8 Å². The summed E-state index contributed by atoms with van der Waals surface area (Å²) in [4.78, 5) is 7.85. The molecule has 1 aromatic rings. The van der Waals surface area contributed by atoms with Gasteiger partial charge in [0.05, 0.1) is 18.4 Å². The second kappa shape index (κ2) is 6.83. The van der Waals surface area contributed by atoms with Gasteiger partial charge < -0.3 is 30.8 Å². The lowest BCUT2D eigenvalue weighted by Gasteiger charge is -2.53. The van der Waals surface area contributed by atoms with Crippen molar-refractivity contribution in [3.8, 4) is 0 Å². The molecule has 5 N–H and O–H groups in total. The number of aliphatic hydroxyl groups excluding tert-OH is 1. The number of aromatic nitrogens is 2. The molecule has 10 heteroatoms. The maximum absolute atomic E-state index is 9.72. The number of halogens is 1. The van der Waals surface area contributed by atoms with Crippen molar-refractivity contribution in [1.29, 1.82) is 0 Å². The van der Waals surface area contributed by atoms with Gasteiger partial charge in [-0.1, -0.05) is 16.8 Å². The summed E-state index contributed by atoms with van der Waals surface area (Å²) in [5.41, 5.74) is 5.47. The standard InChI is InChI=1S/C13H20ClN5O4/c1-22-13(23-2)4-12(5-13,7-20)6-16-10-8(3-17-21)9(14)18-11(15)19-10/h3,20-21H,4-7H2,1-2H3,(H3,15,16,18,19)/b17-3-. The Morgan fingerprint density at radius 2 is 2.04 bits per heavy atom. The molecule has 0 radical (unpaired) electrons. The Morgan fingerprint density at radius 1 is 1.39 bits per heavy atom. The monoisotopic (exact) mass is 345 g/mol. The van der Waals surface area contributed by atoms with Crippen LogP contribution in [0.25, 0.3) is 0 Å². The average molecular weight is 346 g/mol. The third-order valence-corrected chi connectivity index (χ3v) is 4.39. The van der Waals surface area contributed by atoms with Gasteiger partial charge in [-0.25, -0.2) is 4.98 Å². The molecule has 0 aromatic carbocycles. The van der Waals surface area contributed by atoms with Gasteiger partial charge in [0.15, 0.2) is 5.79 Å². The minimum atomic E-state index is -0.678. The highest BCUT2D eigenvalue weighted by Crippen LogP contribution is 2.50. The molecular formula is C13H20ClN5O4. The van der Waals surface area contributed by atoms with Gasteiger partial charge >= 0.3 is 0 Å². The van der Waals surface area contributed by atoms with E-state index in [0.29, 0.717) is 30.8 Å². The highest BCUT2D eigenvalue weighted by molar-refractivity contribution is 6.32. The van der Waals surface area contributed by atoms with Crippen molar-refractivity contribution in [3.05, 3.63) is 10.7 Å². The molecule has 0 unspecified atom stereocenters. The second-order valence-electron chi connectivity index (χ2n) is 5.56. The smallest absolute Gasteiger partial charge is 0.223 e. The normalized spacial score (nSPS) is 18.8. The van der Waals surface area contributed by atoms with Crippen LogP contribution in [0.15, 0.2) is 5.16 Å². The maximum atomic E-state index is 9.72. The molecule has 0 atom stereocenters. The van der Waals surface area contributed by atoms with Crippen LogP contribution in [0.2, 0.25) is 5.15 Å². The molecule has 2 rings (SSSR count). The minimum Gasteiger partial charge on any atom is -0.411 e. The maximum Gasteiger partial charge on any atom is 0.223 e. The molecule has 1 heterocycles. The Kier molecular flexibility index (Phi) is 5.25. The lowest BCUT2D eigenvalue weighted by atomic mass is 9.64. The fourth-order valence-electron chi connectivity index (χ4n) is 2.79. The predicted molar refractivity (Wildman–Crippen MR) is 84.8 cm³/mol. The Morgan fingerprint density at radius 3 is 2.57 bits per heavy atom. The van der Waals surface area contributed by atoms with E-state index in [1.165, 1.54) is 0 Å². The second-order valence-corrected chi connectivity index (χ2v) is 5.92. The average Bonchev–Trinajstić information content (AvgIpc) is 2.50. The molecule has 23 heavy (non-hydrogen) atoms. The first-order chi connectivity index (χ1) is 10.9. The van der Waals surface area contributed by atoms with Gasteiger partial charge in [-0.2, -0.15) is 4.98 Å². The van der Waals surface area contributed by atoms with Crippen LogP contribution in [0.5, 0.6) is 0 Å². The number of oxime groups is 1. The lowest BCUT2D eigenvalue weighted by Crippen LogP contribution is -2.58. The molecule has 0 saturated heterocycles. The molecule has 9 nitrogen and oxygen atoms in total. The van der Waals surface area contributed by atoms with E-state index in [2.05, 4.69) is 20.4 Å². The van der Waals surface area contributed by atoms with Gasteiger partial charge in [0.2, 0.25) is 5.95 Å². The number of anilines is 2. The third-order valence-electron chi connectivity index (χ3n) is 4.10. The molecule has 1 aliphatic carbocycles. The van der Waals surface area contributed by atoms with Gasteiger partial charge in [0.25, 0.3) is 0 Å². The quantitative estimate of drug-likeness (QED) is 0.186. The molecule has 128 valence electrons. The number of hydrogen-bond donors (Lipinski definition) is 4. The molecule has 1 aliphatic rings. The fourth-order valence-corrected chi connectivity index (χ4v) is 3.02. The molecule has 0 amide bonds. The van der Waals surface area contributed by atoms with Crippen molar-refractivity contribution in [1.82, 2.24) is 9.97 Å². The largest absolute Gasteiger partial charge is 0.411 e. The summed E-state index contributed by atoms with van der Waals surface area (Å²) in [6.07, 6.45) is 2.16. The molecule has 0 bridgehead atoms. The Hall–Kier alpha value is -1.68. The molecule has 0 spiro atoms. The number of nitrogens with two attached hydrogens (primary N) is 1. The highest BCUT2D eigenvalue weighted by atomic mass is 35.5. The minimum absolute atomic E-state index is 0.0117. The number of nitrogen functional groups attached to an aromatic ring is 1. The van der Waals surface area contributed by atoms with E-state index >= 15 is 0 Å². The van der Waals surface area contributed by atoms with Gasteiger partial charge in [0.1, 0.15) is 11.0 Å². The predicted octanol–water partition coefficient (Wildman–Crippen LogP) is 0.694. The first-order valence-electron chi connectivity index (χ1n) is 6.88. The molecule has 1 fully saturated rings. The van der Waals surface area contributed by atoms with Crippen LogP contribution < -0.4 is 11.1 Å². The third kappa shape index (κ3) is 3.47. The van der Waals surface area contributed by atoms with Crippen molar-refractivity contribution in [2.75, 3.05) is 38.4 Å². The number of ether oxygens (including phenoxy) is 2. The van der Waals surface area contributed by atoms with E-state index in [0.717, 1.165) is 6.21 Å². The van der Waals surface area contributed by atoms with Gasteiger partial charge in [-0.15, -0.1) is 0 Å². The lowest BCUT2D eigenvalue weighted by molar-refractivity contribution is -0.299. The highest BCUT2D eigenvalue weighted by Gasteiger charge is 2.55.